The number of aryl methyl sites for hydroxylation is 1. The van der Waals surface area contributed by atoms with Crippen molar-refractivity contribution in [2.45, 2.75) is 44.6 Å². The number of nitrogens with zero attached hydrogens (tertiary/aromatic N) is 2. The molecule has 7 nitrogen and oxygen atoms in total. The van der Waals surface area contributed by atoms with Crippen molar-refractivity contribution in [1.82, 2.24) is 20.5 Å². The van der Waals surface area contributed by atoms with Crippen molar-refractivity contribution in [2.75, 3.05) is 5.32 Å². The highest BCUT2D eigenvalue weighted by Gasteiger charge is 2.32. The lowest BCUT2D eigenvalue weighted by molar-refractivity contribution is -0.120. The maximum atomic E-state index is 12.2. The molecular formula is C19H21N5O2S. The molecule has 3 N–H and O–H groups in total. The number of fused-ring (bicyclic) bond motifs is 1. The number of H-pyrrole nitrogens is 1. The maximum absolute atomic E-state index is 12.2. The standard InChI is InChI=1S/C19H21N5O2S/c1-11(25)20-13-8-12(9-13)15-10-17(24-23-15)22-18(26)6-7-19-21-14-4-2-3-5-16(14)27-19/h2-5,10,12-13H,6-9H2,1H3,(H,20,25)(H2,22,23,24,26)/t12-,13+. The third-order valence-electron chi connectivity index (χ3n) is 4.74. The van der Waals surface area contributed by atoms with Crippen LogP contribution in [0, 0.1) is 0 Å². The molecule has 2 heterocycles. The molecule has 2 amide bonds. The molecule has 140 valence electrons. The molecule has 1 aliphatic rings. The van der Waals surface area contributed by atoms with E-state index in [1.54, 1.807) is 11.3 Å². The first kappa shape index (κ1) is 17.7. The highest BCUT2D eigenvalue weighted by atomic mass is 32.1. The van der Waals surface area contributed by atoms with Gasteiger partial charge in [0.2, 0.25) is 11.8 Å². The van der Waals surface area contributed by atoms with Gasteiger partial charge < -0.3 is 10.6 Å². The molecule has 0 aliphatic heterocycles. The minimum Gasteiger partial charge on any atom is -0.354 e. The lowest BCUT2D eigenvalue weighted by Gasteiger charge is -2.34. The minimum atomic E-state index is -0.0609. The van der Waals surface area contributed by atoms with Crippen molar-refractivity contribution in [3.63, 3.8) is 0 Å². The molecule has 0 atom stereocenters. The third kappa shape index (κ3) is 4.16. The van der Waals surface area contributed by atoms with Crippen molar-refractivity contribution in [3.05, 3.63) is 41.0 Å². The Morgan fingerprint density at radius 1 is 1.30 bits per heavy atom. The van der Waals surface area contributed by atoms with Crippen LogP contribution in [-0.4, -0.2) is 33.0 Å². The van der Waals surface area contributed by atoms with Crippen molar-refractivity contribution in [3.8, 4) is 0 Å². The van der Waals surface area contributed by atoms with Crippen LogP contribution in [0.5, 0.6) is 0 Å². The molecule has 1 fully saturated rings. The van der Waals surface area contributed by atoms with Crippen LogP contribution < -0.4 is 10.6 Å². The molecule has 3 aromatic rings. The van der Waals surface area contributed by atoms with Crippen LogP contribution in [0.2, 0.25) is 0 Å². The number of carbonyl (C=O) groups is 2. The molecule has 1 saturated carbocycles. The number of carbonyl (C=O) groups excluding carboxylic acids is 2. The Hall–Kier alpha value is -2.74. The fourth-order valence-electron chi connectivity index (χ4n) is 3.34. The van der Waals surface area contributed by atoms with E-state index >= 15 is 0 Å². The number of aromatic amines is 1. The van der Waals surface area contributed by atoms with Crippen LogP contribution >= 0.6 is 11.3 Å². The fraction of sp³-hybridized carbons (Fsp3) is 0.368. The Balaban J connectivity index is 1.26. The van der Waals surface area contributed by atoms with E-state index in [0.717, 1.165) is 33.8 Å². The lowest BCUT2D eigenvalue weighted by Crippen LogP contribution is -2.42. The van der Waals surface area contributed by atoms with Crippen LogP contribution in [0.25, 0.3) is 10.2 Å². The van der Waals surface area contributed by atoms with E-state index in [-0.39, 0.29) is 17.9 Å². The van der Waals surface area contributed by atoms with Gasteiger partial charge in [0.15, 0.2) is 0 Å². The highest BCUT2D eigenvalue weighted by molar-refractivity contribution is 7.18. The van der Waals surface area contributed by atoms with E-state index in [1.807, 2.05) is 30.3 Å². The Morgan fingerprint density at radius 3 is 2.89 bits per heavy atom. The van der Waals surface area contributed by atoms with Crippen molar-refractivity contribution < 1.29 is 9.59 Å². The number of para-hydroxylation sites is 1. The SMILES string of the molecule is CC(=O)N[C@H]1C[C@@H](c2cc(NC(=O)CCc3nc4ccccc4s3)[nH]n2)C1. The third-order valence-corrected chi connectivity index (χ3v) is 5.84. The average molecular weight is 383 g/mol. The fourth-order valence-corrected chi connectivity index (χ4v) is 4.30. The number of hydrogen-bond acceptors (Lipinski definition) is 5. The van der Waals surface area contributed by atoms with Gasteiger partial charge in [0.05, 0.1) is 20.9 Å². The van der Waals surface area contributed by atoms with Crippen molar-refractivity contribution in [2.24, 2.45) is 0 Å². The normalized spacial score (nSPS) is 18.9. The topological polar surface area (TPSA) is 99.8 Å². The molecule has 2 aromatic heterocycles. The summed E-state index contributed by atoms with van der Waals surface area (Å²) in [6.07, 6.45) is 2.76. The number of thiazole rings is 1. The Bertz CT molecular complexity index is 940. The van der Waals surface area contributed by atoms with Gasteiger partial charge in [0.25, 0.3) is 0 Å². The number of aromatic nitrogens is 3. The molecule has 0 saturated heterocycles. The van der Waals surface area contributed by atoms with Crippen LogP contribution in [-0.2, 0) is 16.0 Å². The molecule has 8 heteroatoms. The molecular weight excluding hydrogens is 362 g/mol. The van der Waals surface area contributed by atoms with E-state index in [1.165, 1.54) is 6.92 Å². The predicted octanol–water partition coefficient (Wildman–Crippen LogP) is 2.97. The van der Waals surface area contributed by atoms with E-state index < -0.39 is 0 Å². The van der Waals surface area contributed by atoms with Crippen molar-refractivity contribution >= 4 is 39.2 Å². The van der Waals surface area contributed by atoms with E-state index in [4.69, 9.17) is 0 Å². The first-order valence-electron chi connectivity index (χ1n) is 9.03. The lowest BCUT2D eigenvalue weighted by atomic mass is 9.78. The summed E-state index contributed by atoms with van der Waals surface area (Å²) >= 11 is 1.63. The van der Waals surface area contributed by atoms with E-state index in [2.05, 4.69) is 25.8 Å². The molecule has 1 aliphatic carbocycles. The van der Waals surface area contributed by atoms with Gasteiger partial charge in [0.1, 0.15) is 5.82 Å². The summed E-state index contributed by atoms with van der Waals surface area (Å²) in [7, 11) is 0. The molecule has 0 unspecified atom stereocenters. The monoisotopic (exact) mass is 383 g/mol. The zero-order valence-electron chi connectivity index (χ0n) is 15.0. The number of amides is 2. The number of benzene rings is 1. The smallest absolute Gasteiger partial charge is 0.225 e. The van der Waals surface area contributed by atoms with E-state index in [0.29, 0.717) is 24.6 Å². The van der Waals surface area contributed by atoms with Gasteiger partial charge in [-0.3, -0.25) is 14.7 Å². The summed E-state index contributed by atoms with van der Waals surface area (Å²) in [5, 5.41) is 13.9. The van der Waals surface area contributed by atoms with Crippen LogP contribution in [0.3, 0.4) is 0 Å². The van der Waals surface area contributed by atoms with Gasteiger partial charge in [-0.25, -0.2) is 4.98 Å². The van der Waals surface area contributed by atoms with Crippen LogP contribution in [0.1, 0.15) is 42.8 Å². The van der Waals surface area contributed by atoms with Gasteiger partial charge in [-0.2, -0.15) is 5.10 Å². The maximum Gasteiger partial charge on any atom is 0.225 e. The molecule has 27 heavy (non-hydrogen) atoms. The van der Waals surface area contributed by atoms with Gasteiger partial charge in [-0.1, -0.05) is 12.1 Å². The first-order chi connectivity index (χ1) is 13.1. The Labute approximate surface area is 160 Å². The summed E-state index contributed by atoms with van der Waals surface area (Å²) < 4.78 is 1.14. The summed E-state index contributed by atoms with van der Waals surface area (Å²) in [6, 6.07) is 10.1. The molecule has 1 aromatic carbocycles. The number of anilines is 1. The molecule has 0 radical (unpaired) electrons. The largest absolute Gasteiger partial charge is 0.354 e. The second-order valence-corrected chi connectivity index (χ2v) is 8.01. The number of nitrogens with one attached hydrogen (secondary N) is 3. The molecule has 0 bridgehead atoms. The number of rotatable bonds is 6. The van der Waals surface area contributed by atoms with Gasteiger partial charge in [-0.05, 0) is 25.0 Å². The Kier molecular flexibility index (Phi) is 4.89. The molecule has 0 spiro atoms. The van der Waals surface area contributed by atoms with Gasteiger partial charge in [-0.15, -0.1) is 11.3 Å². The van der Waals surface area contributed by atoms with Crippen molar-refractivity contribution in [1.29, 1.82) is 0 Å². The summed E-state index contributed by atoms with van der Waals surface area (Å²) in [4.78, 5) is 27.8. The summed E-state index contributed by atoms with van der Waals surface area (Å²) in [5.41, 5.74) is 1.91. The Morgan fingerprint density at radius 2 is 2.11 bits per heavy atom. The summed E-state index contributed by atoms with van der Waals surface area (Å²) in [6.45, 7) is 1.53. The zero-order valence-corrected chi connectivity index (χ0v) is 15.8. The zero-order chi connectivity index (χ0) is 18.8. The second-order valence-electron chi connectivity index (χ2n) is 6.90. The van der Waals surface area contributed by atoms with Gasteiger partial charge >= 0.3 is 0 Å². The van der Waals surface area contributed by atoms with Crippen LogP contribution in [0.15, 0.2) is 30.3 Å². The average Bonchev–Trinajstić information content (AvgIpc) is 3.22. The minimum absolute atomic E-state index is 0.00144. The predicted molar refractivity (Wildman–Crippen MR) is 105 cm³/mol. The van der Waals surface area contributed by atoms with Gasteiger partial charge in [0, 0.05) is 37.8 Å². The summed E-state index contributed by atoms with van der Waals surface area (Å²) in [5.74, 6) is 0.879. The number of hydrogen-bond donors (Lipinski definition) is 3. The second kappa shape index (κ2) is 7.48. The van der Waals surface area contributed by atoms with E-state index in [9.17, 15) is 9.59 Å². The van der Waals surface area contributed by atoms with Crippen LogP contribution in [0.4, 0.5) is 5.82 Å². The highest BCUT2D eigenvalue weighted by Crippen LogP contribution is 2.36. The first-order valence-corrected chi connectivity index (χ1v) is 9.85. The quantitative estimate of drug-likeness (QED) is 0.609. The molecule has 4 rings (SSSR count).